The van der Waals surface area contributed by atoms with Gasteiger partial charge in [-0.05, 0) is 19.1 Å². The molecule has 2 heterocycles. The molecule has 0 aliphatic carbocycles. The van der Waals surface area contributed by atoms with Crippen molar-refractivity contribution in [1.82, 2.24) is 9.97 Å². The van der Waals surface area contributed by atoms with Gasteiger partial charge >= 0.3 is 5.97 Å². The van der Waals surface area contributed by atoms with Crippen molar-refractivity contribution < 1.29 is 9.53 Å². The largest absolute Gasteiger partial charge is 0.452 e. The molecule has 0 bridgehead atoms. The summed E-state index contributed by atoms with van der Waals surface area (Å²) >= 11 is 1.38. The predicted molar refractivity (Wildman–Crippen MR) is 74.3 cm³/mol. The van der Waals surface area contributed by atoms with Crippen molar-refractivity contribution in [2.24, 2.45) is 0 Å². The number of hydrogen-bond donors (Lipinski definition) is 0. The van der Waals surface area contributed by atoms with Crippen LogP contribution in [0.4, 0.5) is 0 Å². The zero-order valence-corrected chi connectivity index (χ0v) is 12.0. The van der Waals surface area contributed by atoms with Crippen molar-refractivity contribution >= 4 is 17.3 Å². The van der Waals surface area contributed by atoms with Crippen molar-refractivity contribution in [3.8, 4) is 0 Å². The van der Waals surface area contributed by atoms with Gasteiger partial charge in [0.05, 0.1) is 16.9 Å². The van der Waals surface area contributed by atoms with Crippen LogP contribution in [0.5, 0.6) is 0 Å². The van der Waals surface area contributed by atoms with E-state index < -0.39 is 0 Å². The Morgan fingerprint density at radius 1 is 1.26 bits per heavy atom. The molecular weight excluding hydrogens is 260 g/mol. The van der Waals surface area contributed by atoms with E-state index in [4.69, 9.17) is 4.74 Å². The summed E-state index contributed by atoms with van der Waals surface area (Å²) in [6.07, 6.45) is 2.90. The van der Waals surface area contributed by atoms with Crippen molar-refractivity contribution in [2.75, 3.05) is 0 Å². The fourth-order valence-corrected chi connectivity index (χ4v) is 2.35. The standard InChI is InChI=1S/C14H16N2O2S/c1-9(2)13-16-8-12(19-13)14(17)18-10(3)11-6-4-5-7-15-11/h4-10H,1-3H3/t10-/m1/s1. The van der Waals surface area contributed by atoms with Crippen LogP contribution in [0.3, 0.4) is 0 Å². The monoisotopic (exact) mass is 276 g/mol. The lowest BCUT2D eigenvalue weighted by Crippen LogP contribution is -2.08. The fraction of sp³-hybridized carbons (Fsp3) is 0.357. The fourth-order valence-electron chi connectivity index (χ4n) is 1.54. The second kappa shape index (κ2) is 5.93. The van der Waals surface area contributed by atoms with E-state index in [1.165, 1.54) is 11.3 Å². The van der Waals surface area contributed by atoms with Gasteiger partial charge in [-0.3, -0.25) is 4.98 Å². The number of ether oxygens (including phenoxy) is 1. The zero-order chi connectivity index (χ0) is 13.8. The molecule has 0 aliphatic rings. The van der Waals surface area contributed by atoms with Crippen molar-refractivity contribution in [3.63, 3.8) is 0 Å². The van der Waals surface area contributed by atoms with Crippen LogP contribution in [-0.2, 0) is 4.74 Å². The van der Waals surface area contributed by atoms with Gasteiger partial charge < -0.3 is 4.74 Å². The molecule has 0 saturated heterocycles. The van der Waals surface area contributed by atoms with Crippen molar-refractivity contribution in [1.29, 1.82) is 0 Å². The molecule has 0 radical (unpaired) electrons. The number of pyridine rings is 1. The molecular formula is C14H16N2O2S. The van der Waals surface area contributed by atoms with Crippen LogP contribution in [0.15, 0.2) is 30.6 Å². The highest BCUT2D eigenvalue weighted by atomic mass is 32.1. The summed E-state index contributed by atoms with van der Waals surface area (Å²) in [5, 5.41) is 0.942. The number of nitrogens with zero attached hydrogens (tertiary/aromatic N) is 2. The van der Waals surface area contributed by atoms with Gasteiger partial charge in [0.2, 0.25) is 0 Å². The van der Waals surface area contributed by atoms with Crippen LogP contribution < -0.4 is 0 Å². The maximum Gasteiger partial charge on any atom is 0.350 e. The van der Waals surface area contributed by atoms with Crippen LogP contribution >= 0.6 is 11.3 Å². The second-order valence-corrected chi connectivity index (χ2v) is 5.58. The van der Waals surface area contributed by atoms with Gasteiger partial charge in [-0.25, -0.2) is 9.78 Å². The molecule has 0 saturated carbocycles. The number of thiazole rings is 1. The average molecular weight is 276 g/mol. The number of carbonyl (C=O) groups excluding carboxylic acids is 1. The summed E-state index contributed by atoms with van der Waals surface area (Å²) in [5.41, 5.74) is 0.740. The van der Waals surface area contributed by atoms with Gasteiger partial charge in [0.1, 0.15) is 11.0 Å². The number of rotatable bonds is 4. The van der Waals surface area contributed by atoms with E-state index in [-0.39, 0.29) is 12.1 Å². The molecule has 1 atom stereocenters. The molecule has 100 valence electrons. The molecule has 0 unspecified atom stereocenters. The minimum Gasteiger partial charge on any atom is -0.452 e. The smallest absolute Gasteiger partial charge is 0.350 e. The van der Waals surface area contributed by atoms with E-state index in [1.807, 2.05) is 39.0 Å². The normalized spacial score (nSPS) is 12.4. The van der Waals surface area contributed by atoms with Gasteiger partial charge in [0.25, 0.3) is 0 Å². The summed E-state index contributed by atoms with van der Waals surface area (Å²) < 4.78 is 5.38. The first-order valence-corrected chi connectivity index (χ1v) is 6.97. The lowest BCUT2D eigenvalue weighted by Gasteiger charge is -2.11. The highest BCUT2D eigenvalue weighted by molar-refractivity contribution is 7.13. The molecule has 2 rings (SSSR count). The number of aromatic nitrogens is 2. The summed E-state index contributed by atoms with van der Waals surface area (Å²) in [7, 11) is 0. The van der Waals surface area contributed by atoms with E-state index in [0.717, 1.165) is 10.7 Å². The Hall–Kier alpha value is -1.75. The molecule has 4 nitrogen and oxygen atoms in total. The maximum atomic E-state index is 12.0. The Labute approximate surface area is 116 Å². The summed E-state index contributed by atoms with van der Waals surface area (Å²) in [6, 6.07) is 5.54. The topological polar surface area (TPSA) is 52.1 Å². The summed E-state index contributed by atoms with van der Waals surface area (Å²) in [5.74, 6) is -0.0256. The Kier molecular flexibility index (Phi) is 4.27. The van der Waals surface area contributed by atoms with E-state index in [0.29, 0.717) is 10.8 Å². The first-order chi connectivity index (χ1) is 9.08. The molecule has 0 spiro atoms. The lowest BCUT2D eigenvalue weighted by molar-refractivity contribution is 0.0335. The minimum atomic E-state index is -0.363. The molecule has 5 heteroatoms. The van der Waals surface area contributed by atoms with Gasteiger partial charge in [-0.15, -0.1) is 11.3 Å². The first kappa shape index (κ1) is 13.7. The Morgan fingerprint density at radius 2 is 2.05 bits per heavy atom. The minimum absolute atomic E-state index is 0.319. The Morgan fingerprint density at radius 3 is 2.63 bits per heavy atom. The number of carbonyl (C=O) groups is 1. The van der Waals surface area contributed by atoms with Crippen LogP contribution in [-0.4, -0.2) is 15.9 Å². The SMILES string of the molecule is CC(C)c1ncc(C(=O)O[C@H](C)c2ccccn2)s1. The van der Waals surface area contributed by atoms with E-state index in [2.05, 4.69) is 9.97 Å². The quantitative estimate of drug-likeness (QED) is 0.801. The Bertz CT molecular complexity index is 552. The summed E-state index contributed by atoms with van der Waals surface area (Å²) in [4.78, 5) is 20.9. The van der Waals surface area contributed by atoms with Gasteiger partial charge in [-0.1, -0.05) is 19.9 Å². The first-order valence-electron chi connectivity index (χ1n) is 6.15. The van der Waals surface area contributed by atoms with Crippen LogP contribution in [0.2, 0.25) is 0 Å². The second-order valence-electron chi connectivity index (χ2n) is 4.52. The van der Waals surface area contributed by atoms with E-state index in [1.54, 1.807) is 12.4 Å². The molecule has 0 fully saturated rings. The average Bonchev–Trinajstić information content (AvgIpc) is 2.89. The van der Waals surface area contributed by atoms with E-state index in [9.17, 15) is 4.79 Å². The molecule has 2 aromatic heterocycles. The molecule has 0 aliphatic heterocycles. The van der Waals surface area contributed by atoms with Crippen LogP contribution in [0, 0.1) is 0 Å². The van der Waals surface area contributed by atoms with Crippen molar-refractivity contribution in [2.45, 2.75) is 32.8 Å². The maximum absolute atomic E-state index is 12.0. The van der Waals surface area contributed by atoms with Gasteiger partial charge in [0, 0.05) is 12.1 Å². The van der Waals surface area contributed by atoms with Crippen LogP contribution in [0.25, 0.3) is 0 Å². The third kappa shape index (κ3) is 3.38. The number of hydrogen-bond acceptors (Lipinski definition) is 5. The molecule has 2 aromatic rings. The predicted octanol–water partition coefficient (Wildman–Crippen LogP) is 3.58. The molecule has 0 aromatic carbocycles. The van der Waals surface area contributed by atoms with Crippen LogP contribution in [0.1, 0.15) is 53.2 Å². The summed E-state index contributed by atoms with van der Waals surface area (Å²) in [6.45, 7) is 5.90. The van der Waals surface area contributed by atoms with E-state index >= 15 is 0 Å². The highest BCUT2D eigenvalue weighted by Gasteiger charge is 2.17. The molecule has 0 amide bonds. The third-order valence-corrected chi connectivity index (χ3v) is 3.88. The molecule has 19 heavy (non-hydrogen) atoms. The molecule has 0 N–H and O–H groups in total. The zero-order valence-electron chi connectivity index (χ0n) is 11.2. The van der Waals surface area contributed by atoms with Gasteiger partial charge in [-0.2, -0.15) is 0 Å². The highest BCUT2D eigenvalue weighted by Crippen LogP contribution is 2.23. The lowest BCUT2D eigenvalue weighted by atomic mass is 10.2. The third-order valence-electron chi connectivity index (χ3n) is 2.61. The van der Waals surface area contributed by atoms with Crippen molar-refractivity contribution in [3.05, 3.63) is 46.2 Å². The number of esters is 1. The Balaban J connectivity index is 2.04. The van der Waals surface area contributed by atoms with Gasteiger partial charge in [0.15, 0.2) is 0 Å².